The van der Waals surface area contributed by atoms with Gasteiger partial charge in [0.2, 0.25) is 0 Å². The van der Waals surface area contributed by atoms with E-state index >= 15 is 0 Å². The van der Waals surface area contributed by atoms with Crippen molar-refractivity contribution in [2.75, 3.05) is 19.5 Å². The Kier molecular flexibility index (Phi) is 7.52. The summed E-state index contributed by atoms with van der Waals surface area (Å²) in [4.78, 5) is 0. The Morgan fingerprint density at radius 3 is 2.57 bits per heavy atom. The number of nitrogens with zero attached hydrogens (tertiary/aromatic N) is 3. The molecule has 0 spiro atoms. The van der Waals surface area contributed by atoms with Crippen molar-refractivity contribution in [2.24, 2.45) is 5.73 Å². The number of ether oxygens (including phenoxy) is 1. The summed E-state index contributed by atoms with van der Waals surface area (Å²) in [5.41, 5.74) is 6.66. The average molecular weight is 331 g/mol. The molecule has 0 aliphatic heterocycles. The molecule has 1 aromatic heterocycles. The first kappa shape index (κ1) is 17.8. The predicted molar refractivity (Wildman–Crippen MR) is 85.5 cm³/mol. The van der Waals surface area contributed by atoms with Crippen LogP contribution in [-0.4, -0.2) is 39.3 Å². The van der Waals surface area contributed by atoms with Crippen molar-refractivity contribution in [3.8, 4) is 11.4 Å². The van der Waals surface area contributed by atoms with Crippen LogP contribution in [-0.2, 0) is 6.54 Å². The molecule has 0 aliphatic carbocycles. The van der Waals surface area contributed by atoms with E-state index < -0.39 is 0 Å². The molecule has 6 nitrogen and oxygen atoms in total. The van der Waals surface area contributed by atoms with E-state index in [1.165, 1.54) is 0 Å². The number of aliphatic hydroxyl groups excluding tert-OH is 1. The van der Waals surface area contributed by atoms with Crippen molar-refractivity contribution < 1.29 is 9.84 Å². The number of rotatable bonds is 7. The van der Waals surface area contributed by atoms with Crippen LogP contribution >= 0.6 is 24.2 Å². The molecule has 0 atom stereocenters. The Morgan fingerprint density at radius 2 is 2.00 bits per heavy atom. The zero-order chi connectivity index (χ0) is 14.4. The van der Waals surface area contributed by atoms with Crippen molar-refractivity contribution in [1.82, 2.24) is 14.8 Å². The fourth-order valence-corrected chi connectivity index (χ4v) is 2.64. The van der Waals surface area contributed by atoms with Gasteiger partial charge in [-0.25, -0.2) is 0 Å². The minimum absolute atomic E-state index is 0. The summed E-state index contributed by atoms with van der Waals surface area (Å²) < 4.78 is 7.09. The number of hydrogen-bond acceptors (Lipinski definition) is 6. The minimum atomic E-state index is 0. The van der Waals surface area contributed by atoms with Gasteiger partial charge in [-0.15, -0.1) is 22.6 Å². The van der Waals surface area contributed by atoms with E-state index in [0.29, 0.717) is 12.4 Å². The predicted octanol–water partition coefficient (Wildman–Crippen LogP) is 1.63. The molecule has 0 fully saturated rings. The molecule has 8 heteroatoms. The molecule has 21 heavy (non-hydrogen) atoms. The van der Waals surface area contributed by atoms with Gasteiger partial charge in [0.1, 0.15) is 5.75 Å². The Morgan fingerprint density at radius 1 is 1.29 bits per heavy atom. The third-order valence-corrected chi connectivity index (χ3v) is 3.76. The minimum Gasteiger partial charge on any atom is -0.497 e. The number of aliphatic hydroxyl groups is 1. The highest BCUT2D eigenvalue weighted by Gasteiger charge is 2.13. The van der Waals surface area contributed by atoms with Gasteiger partial charge in [-0.3, -0.25) is 4.57 Å². The molecule has 0 bridgehead atoms. The number of nitrogens with two attached hydrogens (primary N) is 1. The van der Waals surface area contributed by atoms with Crippen LogP contribution in [0.3, 0.4) is 0 Å². The smallest absolute Gasteiger partial charge is 0.195 e. The molecule has 1 aromatic carbocycles. The maximum absolute atomic E-state index is 8.85. The summed E-state index contributed by atoms with van der Waals surface area (Å²) in [6.45, 7) is 0.493. The fraction of sp³-hybridized carbons (Fsp3) is 0.385. The molecular formula is C13H19ClN4O2S. The summed E-state index contributed by atoms with van der Waals surface area (Å²) in [6, 6.07) is 7.66. The second-order valence-electron chi connectivity index (χ2n) is 4.06. The van der Waals surface area contributed by atoms with Crippen LogP contribution in [0.2, 0.25) is 0 Å². The summed E-state index contributed by atoms with van der Waals surface area (Å²) >= 11 is 1.56. The third kappa shape index (κ3) is 4.34. The first-order valence-electron chi connectivity index (χ1n) is 6.32. The molecule has 2 aromatic rings. The third-order valence-electron chi connectivity index (χ3n) is 2.75. The van der Waals surface area contributed by atoms with E-state index in [1.54, 1.807) is 18.9 Å². The van der Waals surface area contributed by atoms with Crippen molar-refractivity contribution in [3.05, 3.63) is 30.1 Å². The monoisotopic (exact) mass is 330 g/mol. The quantitative estimate of drug-likeness (QED) is 0.593. The van der Waals surface area contributed by atoms with Crippen LogP contribution in [0.15, 0.2) is 29.4 Å². The number of thioether (sulfide) groups is 1. The largest absolute Gasteiger partial charge is 0.497 e. The number of hydrogen-bond donors (Lipinski definition) is 2. The van der Waals surface area contributed by atoms with E-state index in [9.17, 15) is 0 Å². The summed E-state index contributed by atoms with van der Waals surface area (Å²) in [6.07, 6.45) is 0.720. The first-order chi connectivity index (χ1) is 9.80. The maximum atomic E-state index is 8.85. The standard InChI is InChI=1S/C13H18N4O2S.ClH/c1-19-11-5-3-10(4-6-11)17-12(9-14)15-16-13(17)20-8-2-7-18;/h3-6,18H,2,7-9,14H2,1H3;1H. The summed E-state index contributed by atoms with van der Waals surface area (Å²) in [5, 5.41) is 17.9. The fourth-order valence-electron chi connectivity index (χ4n) is 1.74. The maximum Gasteiger partial charge on any atom is 0.195 e. The number of halogens is 1. The summed E-state index contributed by atoms with van der Waals surface area (Å²) in [5.74, 6) is 2.29. The van der Waals surface area contributed by atoms with Crippen LogP contribution in [0.4, 0.5) is 0 Å². The summed E-state index contributed by atoms with van der Waals surface area (Å²) in [7, 11) is 1.63. The second kappa shape index (κ2) is 8.89. The molecule has 0 unspecified atom stereocenters. The topological polar surface area (TPSA) is 86.2 Å². The lowest BCUT2D eigenvalue weighted by molar-refractivity contribution is 0.296. The lowest BCUT2D eigenvalue weighted by Gasteiger charge is -2.09. The molecule has 3 N–H and O–H groups in total. The number of methoxy groups -OCH3 is 1. The van der Waals surface area contributed by atoms with Crippen LogP contribution in [0.5, 0.6) is 5.75 Å². The molecule has 116 valence electrons. The van der Waals surface area contributed by atoms with Crippen LogP contribution < -0.4 is 10.5 Å². The van der Waals surface area contributed by atoms with Gasteiger partial charge in [-0.2, -0.15) is 0 Å². The zero-order valence-electron chi connectivity index (χ0n) is 11.7. The highest BCUT2D eigenvalue weighted by Crippen LogP contribution is 2.23. The molecule has 0 saturated heterocycles. The highest BCUT2D eigenvalue weighted by atomic mass is 35.5. The van der Waals surface area contributed by atoms with E-state index in [0.717, 1.165) is 28.8 Å². The van der Waals surface area contributed by atoms with E-state index in [2.05, 4.69) is 10.2 Å². The molecule has 2 rings (SSSR count). The number of benzene rings is 1. The Labute approximate surface area is 134 Å². The lowest BCUT2D eigenvalue weighted by Crippen LogP contribution is -2.07. The lowest BCUT2D eigenvalue weighted by atomic mass is 10.3. The van der Waals surface area contributed by atoms with Gasteiger partial charge in [-0.1, -0.05) is 11.8 Å². The van der Waals surface area contributed by atoms with Gasteiger partial charge in [0.15, 0.2) is 11.0 Å². The van der Waals surface area contributed by atoms with Crippen LogP contribution in [0, 0.1) is 0 Å². The van der Waals surface area contributed by atoms with Crippen molar-refractivity contribution in [3.63, 3.8) is 0 Å². The van der Waals surface area contributed by atoms with Gasteiger partial charge in [0.25, 0.3) is 0 Å². The average Bonchev–Trinajstić information content (AvgIpc) is 2.90. The molecule has 0 aliphatic rings. The normalized spacial score (nSPS) is 10.2. The van der Waals surface area contributed by atoms with Crippen molar-refractivity contribution >= 4 is 24.2 Å². The Balaban J connectivity index is 0.00000220. The van der Waals surface area contributed by atoms with Crippen molar-refractivity contribution in [2.45, 2.75) is 18.1 Å². The van der Waals surface area contributed by atoms with Gasteiger partial charge in [0.05, 0.1) is 13.7 Å². The van der Waals surface area contributed by atoms with Gasteiger partial charge in [0, 0.05) is 18.0 Å². The van der Waals surface area contributed by atoms with Crippen molar-refractivity contribution in [1.29, 1.82) is 0 Å². The first-order valence-corrected chi connectivity index (χ1v) is 7.31. The van der Waals surface area contributed by atoms with Crippen LogP contribution in [0.25, 0.3) is 5.69 Å². The second-order valence-corrected chi connectivity index (χ2v) is 5.12. The van der Waals surface area contributed by atoms with Gasteiger partial charge in [-0.05, 0) is 30.7 Å². The Bertz CT molecular complexity index is 548. The molecule has 0 radical (unpaired) electrons. The molecule has 0 saturated carbocycles. The van der Waals surface area contributed by atoms with Gasteiger partial charge >= 0.3 is 0 Å². The SMILES string of the molecule is COc1ccc(-n2c(CN)nnc2SCCCO)cc1.Cl. The highest BCUT2D eigenvalue weighted by molar-refractivity contribution is 7.99. The molecular weight excluding hydrogens is 312 g/mol. The number of aromatic nitrogens is 3. The molecule has 0 amide bonds. The van der Waals surface area contributed by atoms with E-state index in [1.807, 2.05) is 28.8 Å². The molecule has 1 heterocycles. The van der Waals surface area contributed by atoms with E-state index in [-0.39, 0.29) is 19.0 Å². The zero-order valence-corrected chi connectivity index (χ0v) is 13.4. The van der Waals surface area contributed by atoms with E-state index in [4.69, 9.17) is 15.6 Å². The van der Waals surface area contributed by atoms with Crippen LogP contribution in [0.1, 0.15) is 12.2 Å². The Hall–Kier alpha value is -1.28. The van der Waals surface area contributed by atoms with Gasteiger partial charge < -0.3 is 15.6 Å².